The molecule has 0 aromatic heterocycles. The number of aryl methyl sites for hydroxylation is 1. The zero-order valence-electron chi connectivity index (χ0n) is 16.9. The van der Waals surface area contributed by atoms with Crippen LogP contribution in [0, 0.1) is 0 Å². The highest BCUT2D eigenvalue weighted by molar-refractivity contribution is 7.89. The summed E-state index contributed by atoms with van der Waals surface area (Å²) in [6, 6.07) is 7.86. The number of halogens is 2. The Morgan fingerprint density at radius 3 is 2.37 bits per heavy atom. The Morgan fingerprint density at radius 2 is 1.73 bits per heavy atom. The fourth-order valence-corrected chi connectivity index (χ4v) is 5.35. The number of rotatable bonds is 6. The Morgan fingerprint density at radius 1 is 1.07 bits per heavy atom. The van der Waals surface area contributed by atoms with Crippen molar-refractivity contribution in [2.24, 2.45) is 0 Å². The Labute approximate surface area is 187 Å². The fraction of sp³-hybridized carbons (Fsp3) is 0.381. The van der Waals surface area contributed by atoms with Gasteiger partial charge in [-0.2, -0.15) is 4.31 Å². The maximum atomic E-state index is 13.1. The van der Waals surface area contributed by atoms with Gasteiger partial charge in [0.25, 0.3) is 5.91 Å². The number of anilines is 1. The van der Waals surface area contributed by atoms with Gasteiger partial charge in [0, 0.05) is 23.8 Å². The number of carbonyl (C=O) groups is 1. The van der Waals surface area contributed by atoms with Gasteiger partial charge in [-0.1, -0.05) is 43.1 Å². The molecule has 2 aromatic carbocycles. The summed E-state index contributed by atoms with van der Waals surface area (Å²) in [5.74, 6) is -0.481. The molecule has 1 fully saturated rings. The van der Waals surface area contributed by atoms with Crippen LogP contribution in [0.4, 0.5) is 5.69 Å². The summed E-state index contributed by atoms with van der Waals surface area (Å²) in [4.78, 5) is 13.1. The molecule has 2 aromatic rings. The second-order valence-electron chi connectivity index (χ2n) is 6.88. The van der Waals surface area contributed by atoms with E-state index in [1.165, 1.54) is 22.5 Å². The number of amides is 1. The molecule has 1 amide bonds. The number of morpholine rings is 1. The first-order chi connectivity index (χ1) is 14.3. The summed E-state index contributed by atoms with van der Waals surface area (Å²) in [5, 5.41) is 3.64. The predicted molar refractivity (Wildman–Crippen MR) is 119 cm³/mol. The van der Waals surface area contributed by atoms with E-state index in [9.17, 15) is 13.2 Å². The minimum atomic E-state index is -3.75. The third-order valence-electron chi connectivity index (χ3n) is 5.11. The molecule has 0 saturated carbocycles. The molecular formula is C21H24Cl2N2O4S. The van der Waals surface area contributed by atoms with Crippen LogP contribution in [0.3, 0.4) is 0 Å². The topological polar surface area (TPSA) is 75.7 Å². The van der Waals surface area contributed by atoms with E-state index in [2.05, 4.69) is 5.32 Å². The first-order valence-electron chi connectivity index (χ1n) is 9.78. The Kier molecular flexibility index (Phi) is 7.42. The normalized spacial score (nSPS) is 15.2. The van der Waals surface area contributed by atoms with Crippen molar-refractivity contribution in [2.45, 2.75) is 31.6 Å². The standard InChI is InChI=1S/C21H24Cl2N2O4S/c1-3-14-5-7-18(22)16(4-2)20(14)24-21(26)17-13-15(6-8-19(17)23)30(27,28)25-9-11-29-12-10-25/h5-8,13H,3-4,9-12H2,1-2H3,(H,24,26). The fourth-order valence-electron chi connectivity index (χ4n) is 3.42. The van der Waals surface area contributed by atoms with Crippen LogP contribution in [0.25, 0.3) is 0 Å². The van der Waals surface area contributed by atoms with Crippen LogP contribution in [0.5, 0.6) is 0 Å². The van der Waals surface area contributed by atoms with Crippen molar-refractivity contribution >= 4 is 44.8 Å². The molecule has 1 aliphatic heterocycles. The summed E-state index contributed by atoms with van der Waals surface area (Å²) < 4.78 is 32.5. The van der Waals surface area contributed by atoms with Crippen LogP contribution < -0.4 is 5.32 Å². The summed E-state index contributed by atoms with van der Waals surface area (Å²) in [6.45, 7) is 5.17. The Hall–Kier alpha value is -1.64. The van der Waals surface area contributed by atoms with Crippen molar-refractivity contribution in [1.29, 1.82) is 0 Å². The molecule has 0 unspecified atom stereocenters. The molecule has 30 heavy (non-hydrogen) atoms. The van der Waals surface area contributed by atoms with Crippen LogP contribution in [0.15, 0.2) is 35.2 Å². The lowest BCUT2D eigenvalue weighted by molar-refractivity contribution is 0.0730. The molecule has 1 aliphatic rings. The van der Waals surface area contributed by atoms with E-state index in [0.717, 1.165) is 11.1 Å². The first kappa shape index (κ1) is 23.0. The van der Waals surface area contributed by atoms with Gasteiger partial charge in [0.05, 0.1) is 28.7 Å². The molecule has 3 rings (SSSR count). The number of nitrogens with zero attached hydrogens (tertiary/aromatic N) is 1. The molecular weight excluding hydrogens is 447 g/mol. The van der Waals surface area contributed by atoms with Gasteiger partial charge in [0.1, 0.15) is 0 Å². The lowest BCUT2D eigenvalue weighted by Crippen LogP contribution is -2.40. The Bertz CT molecular complexity index is 1050. The van der Waals surface area contributed by atoms with E-state index < -0.39 is 15.9 Å². The quantitative estimate of drug-likeness (QED) is 0.678. The van der Waals surface area contributed by atoms with Crippen molar-refractivity contribution in [1.82, 2.24) is 4.31 Å². The molecule has 0 radical (unpaired) electrons. The SMILES string of the molecule is CCc1ccc(Cl)c(CC)c1NC(=O)c1cc(S(=O)(=O)N2CCOCC2)ccc1Cl. The van der Waals surface area contributed by atoms with E-state index in [1.807, 2.05) is 26.0 Å². The number of hydrogen-bond donors (Lipinski definition) is 1. The van der Waals surface area contributed by atoms with Gasteiger partial charge >= 0.3 is 0 Å². The maximum absolute atomic E-state index is 13.1. The van der Waals surface area contributed by atoms with Crippen molar-refractivity contribution in [3.05, 3.63) is 57.1 Å². The van der Waals surface area contributed by atoms with E-state index in [4.69, 9.17) is 27.9 Å². The highest BCUT2D eigenvalue weighted by atomic mass is 35.5. The minimum Gasteiger partial charge on any atom is -0.379 e. The van der Waals surface area contributed by atoms with Crippen molar-refractivity contribution in [3.8, 4) is 0 Å². The van der Waals surface area contributed by atoms with Crippen LogP contribution >= 0.6 is 23.2 Å². The van der Waals surface area contributed by atoms with E-state index >= 15 is 0 Å². The summed E-state index contributed by atoms with van der Waals surface area (Å²) in [6.07, 6.45) is 1.35. The molecule has 0 bridgehead atoms. The van der Waals surface area contributed by atoms with E-state index in [1.54, 1.807) is 0 Å². The van der Waals surface area contributed by atoms with Crippen LogP contribution in [0.1, 0.15) is 35.3 Å². The molecule has 0 aliphatic carbocycles. The van der Waals surface area contributed by atoms with Crippen molar-refractivity contribution < 1.29 is 17.9 Å². The van der Waals surface area contributed by atoms with Gasteiger partial charge in [-0.05, 0) is 48.2 Å². The summed E-state index contributed by atoms with van der Waals surface area (Å²) in [5.41, 5.74) is 2.51. The van der Waals surface area contributed by atoms with Crippen LogP contribution in [0.2, 0.25) is 10.0 Å². The first-order valence-corrected chi connectivity index (χ1v) is 12.0. The number of benzene rings is 2. The van der Waals surface area contributed by atoms with Crippen LogP contribution in [-0.4, -0.2) is 44.9 Å². The molecule has 1 N–H and O–H groups in total. The smallest absolute Gasteiger partial charge is 0.257 e. The molecule has 6 nitrogen and oxygen atoms in total. The predicted octanol–water partition coefficient (Wildman–Crippen LogP) is 4.39. The third kappa shape index (κ3) is 4.65. The monoisotopic (exact) mass is 470 g/mol. The molecule has 9 heteroatoms. The highest BCUT2D eigenvalue weighted by Gasteiger charge is 2.28. The van der Waals surface area contributed by atoms with E-state index in [0.29, 0.717) is 36.8 Å². The van der Waals surface area contributed by atoms with Gasteiger partial charge in [0.2, 0.25) is 10.0 Å². The number of nitrogens with one attached hydrogen (secondary N) is 1. The number of sulfonamides is 1. The maximum Gasteiger partial charge on any atom is 0.257 e. The molecule has 1 heterocycles. The number of carbonyl (C=O) groups excluding carboxylic acids is 1. The number of ether oxygens (including phenoxy) is 1. The van der Waals surface area contributed by atoms with Crippen molar-refractivity contribution in [2.75, 3.05) is 31.6 Å². The molecule has 162 valence electrons. The van der Waals surface area contributed by atoms with Gasteiger partial charge in [-0.3, -0.25) is 4.79 Å². The molecule has 1 saturated heterocycles. The van der Waals surface area contributed by atoms with Gasteiger partial charge < -0.3 is 10.1 Å². The summed E-state index contributed by atoms with van der Waals surface area (Å²) >= 11 is 12.6. The summed E-state index contributed by atoms with van der Waals surface area (Å²) in [7, 11) is -3.75. The average molecular weight is 471 g/mol. The molecule has 0 spiro atoms. The second-order valence-corrected chi connectivity index (χ2v) is 9.63. The van der Waals surface area contributed by atoms with Crippen LogP contribution in [-0.2, 0) is 27.6 Å². The second kappa shape index (κ2) is 9.66. The van der Waals surface area contributed by atoms with E-state index in [-0.39, 0.29) is 28.6 Å². The average Bonchev–Trinajstić information content (AvgIpc) is 2.75. The van der Waals surface area contributed by atoms with Gasteiger partial charge in [-0.25, -0.2) is 8.42 Å². The zero-order chi connectivity index (χ0) is 21.9. The largest absolute Gasteiger partial charge is 0.379 e. The molecule has 0 atom stereocenters. The lowest BCUT2D eigenvalue weighted by atomic mass is 10.0. The van der Waals surface area contributed by atoms with Crippen molar-refractivity contribution in [3.63, 3.8) is 0 Å². The zero-order valence-corrected chi connectivity index (χ0v) is 19.2. The minimum absolute atomic E-state index is 0.0245. The number of hydrogen-bond acceptors (Lipinski definition) is 4. The van der Waals surface area contributed by atoms with Gasteiger partial charge in [-0.15, -0.1) is 0 Å². The lowest BCUT2D eigenvalue weighted by Gasteiger charge is -2.26. The Balaban J connectivity index is 1.96. The van der Waals surface area contributed by atoms with Gasteiger partial charge in [0.15, 0.2) is 0 Å². The third-order valence-corrected chi connectivity index (χ3v) is 7.68. The highest BCUT2D eigenvalue weighted by Crippen LogP contribution is 2.31.